The highest BCUT2D eigenvalue weighted by Gasteiger charge is 2.53. The second-order valence-corrected chi connectivity index (χ2v) is 10.5. The molecule has 3 atom stereocenters. The summed E-state index contributed by atoms with van der Waals surface area (Å²) in [7, 11) is 0. The molecular weight excluding hydrogens is 414 g/mol. The number of hydrogen-bond donors (Lipinski definition) is 1. The van der Waals surface area contributed by atoms with Crippen LogP contribution in [0, 0.1) is 5.92 Å². The summed E-state index contributed by atoms with van der Waals surface area (Å²) < 4.78 is 25.0. The van der Waals surface area contributed by atoms with Gasteiger partial charge in [0, 0.05) is 48.1 Å². The molecule has 1 unspecified atom stereocenters. The van der Waals surface area contributed by atoms with E-state index in [-0.39, 0.29) is 17.6 Å². The van der Waals surface area contributed by atoms with Crippen molar-refractivity contribution >= 4 is 5.69 Å². The summed E-state index contributed by atoms with van der Waals surface area (Å²) in [6, 6.07) is 14.6. The Bertz CT molecular complexity index is 967. The van der Waals surface area contributed by atoms with Crippen molar-refractivity contribution in [3.63, 3.8) is 0 Å². The minimum absolute atomic E-state index is 0.105. The van der Waals surface area contributed by atoms with Crippen LogP contribution < -0.4 is 15.2 Å². The van der Waals surface area contributed by atoms with Gasteiger partial charge < -0.3 is 24.7 Å². The van der Waals surface area contributed by atoms with Crippen molar-refractivity contribution in [2.45, 2.75) is 82.7 Å². The molecular formula is C28H37NO4. The van der Waals surface area contributed by atoms with Crippen LogP contribution in [-0.2, 0) is 15.9 Å². The van der Waals surface area contributed by atoms with E-state index in [9.17, 15) is 0 Å². The molecule has 1 spiro atoms. The molecule has 5 heteroatoms. The molecule has 33 heavy (non-hydrogen) atoms. The SMILES string of the molecule is CC(CCCc1ccccc1)Oc1cc(N)c2c(c1)OC(C)(C)[C@@H]1CCC3(C[C@@H]21)OCCO3. The molecule has 2 N–H and O–H groups in total. The predicted octanol–water partition coefficient (Wildman–Crippen LogP) is 5.86. The number of rotatable bonds is 6. The zero-order valence-electron chi connectivity index (χ0n) is 20.1. The van der Waals surface area contributed by atoms with Gasteiger partial charge in [-0.25, -0.2) is 0 Å². The molecule has 1 saturated heterocycles. The smallest absolute Gasteiger partial charge is 0.169 e. The molecule has 0 radical (unpaired) electrons. The van der Waals surface area contributed by atoms with Crippen molar-refractivity contribution < 1.29 is 18.9 Å². The number of ether oxygens (including phenoxy) is 4. The lowest BCUT2D eigenvalue weighted by molar-refractivity contribution is -0.198. The number of aryl methyl sites for hydroxylation is 1. The second-order valence-electron chi connectivity index (χ2n) is 10.5. The largest absolute Gasteiger partial charge is 0.491 e. The lowest BCUT2D eigenvalue weighted by Gasteiger charge is -2.51. The molecule has 0 amide bonds. The van der Waals surface area contributed by atoms with E-state index in [1.807, 2.05) is 12.1 Å². The van der Waals surface area contributed by atoms with Crippen LogP contribution >= 0.6 is 0 Å². The highest BCUT2D eigenvalue weighted by molar-refractivity contribution is 5.62. The molecule has 2 aromatic carbocycles. The average molecular weight is 452 g/mol. The third-order valence-electron chi connectivity index (χ3n) is 7.71. The van der Waals surface area contributed by atoms with Crippen LogP contribution in [0.25, 0.3) is 0 Å². The van der Waals surface area contributed by atoms with Gasteiger partial charge in [-0.3, -0.25) is 0 Å². The first-order valence-corrected chi connectivity index (χ1v) is 12.5. The number of nitrogens with two attached hydrogens (primary N) is 1. The second kappa shape index (κ2) is 8.84. The maximum absolute atomic E-state index is 6.64. The van der Waals surface area contributed by atoms with Crippen molar-refractivity contribution in [3.8, 4) is 11.5 Å². The van der Waals surface area contributed by atoms with E-state index in [0.29, 0.717) is 19.1 Å². The minimum Gasteiger partial charge on any atom is -0.491 e. The summed E-state index contributed by atoms with van der Waals surface area (Å²) in [5.41, 5.74) is 9.58. The Morgan fingerprint density at radius 2 is 1.88 bits per heavy atom. The lowest BCUT2D eigenvalue weighted by atomic mass is 9.65. The molecule has 2 aliphatic heterocycles. The molecule has 1 aliphatic carbocycles. The number of anilines is 1. The molecule has 2 fully saturated rings. The van der Waals surface area contributed by atoms with Gasteiger partial charge in [-0.15, -0.1) is 0 Å². The van der Waals surface area contributed by atoms with Gasteiger partial charge >= 0.3 is 0 Å². The third-order valence-corrected chi connectivity index (χ3v) is 7.71. The lowest BCUT2D eigenvalue weighted by Crippen LogP contribution is -2.51. The molecule has 2 heterocycles. The molecule has 5 nitrogen and oxygen atoms in total. The van der Waals surface area contributed by atoms with E-state index >= 15 is 0 Å². The monoisotopic (exact) mass is 451 g/mol. The van der Waals surface area contributed by atoms with Crippen LogP contribution in [0.5, 0.6) is 11.5 Å². The van der Waals surface area contributed by atoms with Crippen LogP contribution in [-0.4, -0.2) is 30.7 Å². The topological polar surface area (TPSA) is 62.9 Å². The van der Waals surface area contributed by atoms with Gasteiger partial charge in [0.1, 0.15) is 17.1 Å². The Kier molecular flexibility index (Phi) is 6.04. The summed E-state index contributed by atoms with van der Waals surface area (Å²) in [6.07, 6.45) is 5.99. The summed E-state index contributed by atoms with van der Waals surface area (Å²) in [5.74, 6) is 1.82. The quantitative estimate of drug-likeness (QED) is 0.558. The van der Waals surface area contributed by atoms with Crippen LogP contribution in [0.3, 0.4) is 0 Å². The first-order chi connectivity index (χ1) is 15.9. The molecule has 178 valence electrons. The highest BCUT2D eigenvalue weighted by atomic mass is 16.7. The van der Waals surface area contributed by atoms with Crippen LogP contribution in [0.1, 0.15) is 69.9 Å². The zero-order valence-corrected chi connectivity index (χ0v) is 20.1. The summed E-state index contributed by atoms with van der Waals surface area (Å²) in [5, 5.41) is 0. The fraction of sp³-hybridized carbons (Fsp3) is 0.571. The Balaban J connectivity index is 1.31. The molecule has 3 aliphatic rings. The summed E-state index contributed by atoms with van der Waals surface area (Å²) >= 11 is 0. The van der Waals surface area contributed by atoms with Gasteiger partial charge in [-0.05, 0) is 52.0 Å². The van der Waals surface area contributed by atoms with E-state index in [2.05, 4.69) is 51.1 Å². The van der Waals surface area contributed by atoms with Gasteiger partial charge in [0.25, 0.3) is 0 Å². The first-order valence-electron chi connectivity index (χ1n) is 12.5. The van der Waals surface area contributed by atoms with Gasteiger partial charge in [-0.2, -0.15) is 0 Å². The molecule has 2 aromatic rings. The predicted molar refractivity (Wildman–Crippen MR) is 130 cm³/mol. The zero-order chi connectivity index (χ0) is 23.1. The average Bonchev–Trinajstić information content (AvgIpc) is 3.21. The number of fused-ring (bicyclic) bond motifs is 3. The maximum atomic E-state index is 6.64. The van der Waals surface area contributed by atoms with E-state index in [1.54, 1.807) is 0 Å². The highest BCUT2D eigenvalue weighted by Crippen LogP contribution is 2.57. The summed E-state index contributed by atoms with van der Waals surface area (Å²) in [6.45, 7) is 7.86. The van der Waals surface area contributed by atoms with Crippen molar-refractivity contribution in [3.05, 3.63) is 53.6 Å². The maximum Gasteiger partial charge on any atom is 0.169 e. The fourth-order valence-electron chi connectivity index (χ4n) is 6.11. The number of nitrogen functional groups attached to an aromatic ring is 1. The summed E-state index contributed by atoms with van der Waals surface area (Å²) in [4.78, 5) is 0. The Hall–Kier alpha value is -2.24. The van der Waals surface area contributed by atoms with Crippen molar-refractivity contribution in [2.75, 3.05) is 18.9 Å². The minimum atomic E-state index is -0.458. The molecule has 0 bridgehead atoms. The van der Waals surface area contributed by atoms with E-state index in [1.165, 1.54) is 5.56 Å². The Labute approximate surface area is 197 Å². The molecule has 1 saturated carbocycles. The van der Waals surface area contributed by atoms with E-state index < -0.39 is 5.79 Å². The Morgan fingerprint density at radius 1 is 1.12 bits per heavy atom. The van der Waals surface area contributed by atoms with Gasteiger partial charge in [0.2, 0.25) is 0 Å². The first kappa shape index (κ1) is 22.5. The van der Waals surface area contributed by atoms with E-state index in [4.69, 9.17) is 24.7 Å². The van der Waals surface area contributed by atoms with Crippen LogP contribution in [0.2, 0.25) is 0 Å². The normalized spacial score (nSPS) is 25.7. The van der Waals surface area contributed by atoms with E-state index in [0.717, 1.165) is 61.3 Å². The number of hydrogen-bond acceptors (Lipinski definition) is 5. The van der Waals surface area contributed by atoms with Crippen LogP contribution in [0.4, 0.5) is 5.69 Å². The fourth-order valence-corrected chi connectivity index (χ4v) is 6.11. The Morgan fingerprint density at radius 3 is 2.64 bits per heavy atom. The standard InChI is InChI=1S/C28H37NO4/c1-19(8-7-11-20-9-5-4-6-10-20)32-21-16-24(29)26-22-18-28(30-14-15-31-28)13-12-23(22)27(2,3)33-25(26)17-21/h4-6,9-10,16-17,19,22-23H,7-8,11-15,18,29H2,1-3H3/t19?,22-,23-/m1/s1. The van der Waals surface area contributed by atoms with Crippen molar-refractivity contribution in [1.29, 1.82) is 0 Å². The van der Waals surface area contributed by atoms with Crippen molar-refractivity contribution in [1.82, 2.24) is 0 Å². The number of benzene rings is 2. The van der Waals surface area contributed by atoms with Gasteiger partial charge in [-0.1, -0.05) is 30.3 Å². The third kappa shape index (κ3) is 4.58. The molecule has 5 rings (SSSR count). The van der Waals surface area contributed by atoms with Crippen LogP contribution in [0.15, 0.2) is 42.5 Å². The molecule has 0 aromatic heterocycles. The van der Waals surface area contributed by atoms with Gasteiger partial charge in [0.05, 0.1) is 19.3 Å². The van der Waals surface area contributed by atoms with Gasteiger partial charge in [0.15, 0.2) is 5.79 Å². The van der Waals surface area contributed by atoms with Crippen molar-refractivity contribution in [2.24, 2.45) is 5.92 Å².